The molecule has 2 aliphatic rings. The van der Waals surface area contributed by atoms with Crippen LogP contribution in [0.4, 0.5) is 5.69 Å². The van der Waals surface area contributed by atoms with E-state index in [9.17, 15) is 23.1 Å². The summed E-state index contributed by atoms with van der Waals surface area (Å²) in [7, 11) is -1.81. The Bertz CT molecular complexity index is 1650. The molecule has 0 aliphatic carbocycles. The van der Waals surface area contributed by atoms with Crippen molar-refractivity contribution in [3.8, 4) is 11.5 Å². The molecule has 216 valence electrons. The number of halogens is 2. The van der Waals surface area contributed by atoms with Gasteiger partial charge in [-0.25, -0.2) is 12.7 Å². The Morgan fingerprint density at radius 1 is 1.00 bits per heavy atom. The van der Waals surface area contributed by atoms with E-state index in [1.54, 1.807) is 12.1 Å². The van der Waals surface area contributed by atoms with E-state index in [2.05, 4.69) is 0 Å². The molecule has 0 aromatic heterocycles. The van der Waals surface area contributed by atoms with Crippen LogP contribution in [-0.4, -0.2) is 63.1 Å². The quantitative estimate of drug-likeness (QED) is 0.413. The lowest BCUT2D eigenvalue weighted by Crippen LogP contribution is -2.59. The summed E-state index contributed by atoms with van der Waals surface area (Å²) in [6, 6.07) is 11.8. The third kappa shape index (κ3) is 4.57. The van der Waals surface area contributed by atoms with Gasteiger partial charge in [0.2, 0.25) is 5.91 Å². The number of nitrogens with two attached hydrogens (primary N) is 1. The minimum Gasteiger partial charge on any atom is -0.493 e. The summed E-state index contributed by atoms with van der Waals surface area (Å²) < 4.78 is 40.4. The minimum atomic E-state index is -4.59. The van der Waals surface area contributed by atoms with Gasteiger partial charge >= 0.3 is 0 Å². The highest BCUT2D eigenvalue weighted by Crippen LogP contribution is 2.53. The maximum absolute atomic E-state index is 14.5. The molecule has 3 N–H and O–H groups in total. The first-order valence-electron chi connectivity index (χ1n) is 12.6. The highest BCUT2D eigenvalue weighted by atomic mass is 35.5. The molecular formula is C28H27Cl2N3O7S. The molecule has 13 heteroatoms. The highest BCUT2D eigenvalue weighted by Gasteiger charge is 2.61. The van der Waals surface area contributed by atoms with E-state index in [1.807, 2.05) is 0 Å². The highest BCUT2D eigenvalue weighted by molar-refractivity contribution is 7.93. The Morgan fingerprint density at radius 3 is 2.37 bits per heavy atom. The lowest BCUT2D eigenvalue weighted by molar-refractivity contribution is -0.141. The SMILES string of the molecule is COc1ccc(S(=O)(=O)N2c3ccc(Cl)cc3[C@](O)(c3ccccc3Cl)[C@@H]2C(=O)N2CCCC2C(N)=O)cc1OC. The fraction of sp³-hybridized carbons (Fsp3) is 0.286. The number of primary amides is 1. The van der Waals surface area contributed by atoms with Crippen LogP contribution >= 0.6 is 23.2 Å². The van der Waals surface area contributed by atoms with Crippen molar-refractivity contribution >= 4 is 50.7 Å². The molecule has 0 bridgehead atoms. The number of sulfonamides is 1. The van der Waals surface area contributed by atoms with E-state index in [4.69, 9.17) is 38.4 Å². The topological polar surface area (TPSA) is 139 Å². The summed E-state index contributed by atoms with van der Waals surface area (Å²) in [6.45, 7) is 0.142. The van der Waals surface area contributed by atoms with E-state index >= 15 is 0 Å². The molecule has 2 heterocycles. The lowest BCUT2D eigenvalue weighted by Gasteiger charge is -2.38. The second-order valence-electron chi connectivity index (χ2n) is 9.72. The summed E-state index contributed by atoms with van der Waals surface area (Å²) in [6.07, 6.45) is 0.775. The first kappa shape index (κ1) is 29.0. The van der Waals surface area contributed by atoms with Gasteiger partial charge in [-0.2, -0.15) is 0 Å². The van der Waals surface area contributed by atoms with Crippen molar-refractivity contribution in [1.82, 2.24) is 4.90 Å². The molecule has 0 saturated carbocycles. The van der Waals surface area contributed by atoms with Crippen LogP contribution in [-0.2, 0) is 25.2 Å². The smallest absolute Gasteiger partial charge is 0.265 e. The second-order valence-corrected chi connectivity index (χ2v) is 12.4. The zero-order valence-electron chi connectivity index (χ0n) is 22.1. The molecule has 3 aromatic rings. The number of hydrogen-bond donors (Lipinski definition) is 2. The molecule has 3 aromatic carbocycles. The standard InChI is InChI=1S/C28H27Cl2N3O7S/c1-39-23-12-10-17(15-24(23)40-2)41(37,38)33-21-11-9-16(29)14-19(21)28(36,18-6-3-4-7-20(18)30)25(33)27(35)32-13-5-8-22(32)26(31)34/h3-4,6-7,9-12,14-15,22,25,36H,5,8,13H2,1-2H3,(H2,31,34)/t22?,25-,28+/m0/s1. The molecule has 1 saturated heterocycles. The van der Waals surface area contributed by atoms with Crippen LogP contribution in [0.2, 0.25) is 10.0 Å². The predicted molar refractivity (Wildman–Crippen MR) is 153 cm³/mol. The number of carbonyl (C=O) groups excluding carboxylic acids is 2. The normalized spacial score (nSPS) is 22.0. The number of methoxy groups -OCH3 is 2. The molecule has 1 fully saturated rings. The fourth-order valence-electron chi connectivity index (χ4n) is 5.65. The number of anilines is 1. The number of benzene rings is 3. The zero-order valence-corrected chi connectivity index (χ0v) is 24.4. The molecule has 3 atom stereocenters. The number of amides is 2. The molecule has 0 radical (unpaired) electrons. The second kappa shape index (κ2) is 10.7. The van der Waals surface area contributed by atoms with Crippen molar-refractivity contribution < 1.29 is 32.6 Å². The van der Waals surface area contributed by atoms with Gasteiger partial charge < -0.3 is 25.2 Å². The van der Waals surface area contributed by atoms with Gasteiger partial charge in [0.05, 0.1) is 24.8 Å². The van der Waals surface area contributed by atoms with Gasteiger partial charge in [0.25, 0.3) is 15.9 Å². The molecule has 2 amide bonds. The van der Waals surface area contributed by atoms with Crippen LogP contribution < -0.4 is 19.5 Å². The van der Waals surface area contributed by atoms with Crippen molar-refractivity contribution in [1.29, 1.82) is 0 Å². The Morgan fingerprint density at radius 2 is 1.71 bits per heavy atom. The van der Waals surface area contributed by atoms with Crippen molar-refractivity contribution in [3.63, 3.8) is 0 Å². The molecule has 10 nitrogen and oxygen atoms in total. The van der Waals surface area contributed by atoms with Crippen LogP contribution in [0, 0.1) is 0 Å². The van der Waals surface area contributed by atoms with E-state index in [0.717, 1.165) is 4.31 Å². The first-order valence-corrected chi connectivity index (χ1v) is 14.8. The fourth-order valence-corrected chi connectivity index (χ4v) is 7.76. The largest absolute Gasteiger partial charge is 0.493 e. The number of ether oxygens (including phenoxy) is 2. The monoisotopic (exact) mass is 619 g/mol. The summed E-state index contributed by atoms with van der Waals surface area (Å²) in [5.41, 5.74) is 3.46. The van der Waals surface area contributed by atoms with Gasteiger partial charge in [-0.3, -0.25) is 9.59 Å². The zero-order chi connectivity index (χ0) is 29.7. The third-order valence-electron chi connectivity index (χ3n) is 7.53. The number of hydrogen-bond acceptors (Lipinski definition) is 7. The van der Waals surface area contributed by atoms with E-state index in [-0.39, 0.29) is 44.0 Å². The van der Waals surface area contributed by atoms with Gasteiger partial charge in [-0.15, -0.1) is 0 Å². The van der Waals surface area contributed by atoms with Crippen LogP contribution in [0.1, 0.15) is 24.0 Å². The molecular weight excluding hydrogens is 593 g/mol. The van der Waals surface area contributed by atoms with Crippen molar-refractivity contribution in [3.05, 3.63) is 81.8 Å². The van der Waals surface area contributed by atoms with Crippen LogP contribution in [0.5, 0.6) is 11.5 Å². The predicted octanol–water partition coefficient (Wildman–Crippen LogP) is 3.30. The summed E-state index contributed by atoms with van der Waals surface area (Å²) in [5, 5.41) is 12.9. The summed E-state index contributed by atoms with van der Waals surface area (Å²) in [4.78, 5) is 27.7. The third-order valence-corrected chi connectivity index (χ3v) is 9.87. The van der Waals surface area contributed by atoms with Crippen molar-refractivity contribution in [2.45, 2.75) is 35.4 Å². The number of carbonyl (C=O) groups is 2. The lowest BCUT2D eigenvalue weighted by atomic mass is 9.82. The van der Waals surface area contributed by atoms with Crippen molar-refractivity contribution in [2.75, 3.05) is 25.1 Å². The maximum atomic E-state index is 14.5. The number of likely N-dealkylation sites (tertiary alicyclic amines) is 1. The number of fused-ring (bicyclic) bond motifs is 1. The maximum Gasteiger partial charge on any atom is 0.265 e. The summed E-state index contributed by atoms with van der Waals surface area (Å²) in [5.74, 6) is -1.11. The Kier molecular flexibility index (Phi) is 7.58. The van der Waals surface area contributed by atoms with Gasteiger partial charge in [0, 0.05) is 33.8 Å². The van der Waals surface area contributed by atoms with Gasteiger partial charge in [0.1, 0.15) is 11.6 Å². The number of nitrogens with zero attached hydrogens (tertiary/aromatic N) is 2. The number of aliphatic hydroxyl groups is 1. The van der Waals surface area contributed by atoms with Crippen molar-refractivity contribution in [2.24, 2.45) is 5.73 Å². The van der Waals surface area contributed by atoms with Crippen LogP contribution in [0.3, 0.4) is 0 Å². The minimum absolute atomic E-state index is 0.0137. The number of rotatable bonds is 7. The van der Waals surface area contributed by atoms with E-state index < -0.39 is 39.5 Å². The van der Waals surface area contributed by atoms with Gasteiger partial charge in [-0.1, -0.05) is 41.4 Å². The van der Waals surface area contributed by atoms with E-state index in [1.165, 1.54) is 67.7 Å². The molecule has 5 rings (SSSR count). The molecule has 41 heavy (non-hydrogen) atoms. The Balaban J connectivity index is 1.80. The average molecular weight is 621 g/mol. The first-order chi connectivity index (χ1) is 19.5. The van der Waals surface area contributed by atoms with Crippen LogP contribution in [0.25, 0.3) is 0 Å². The van der Waals surface area contributed by atoms with Crippen LogP contribution in [0.15, 0.2) is 65.6 Å². The molecule has 1 unspecified atom stereocenters. The Labute approximate surface area is 247 Å². The van der Waals surface area contributed by atoms with E-state index in [0.29, 0.717) is 18.6 Å². The summed E-state index contributed by atoms with van der Waals surface area (Å²) >= 11 is 12.9. The molecule has 2 aliphatic heterocycles. The van der Waals surface area contributed by atoms with Gasteiger partial charge in [-0.05, 0) is 49.2 Å². The Hall–Kier alpha value is -3.51. The van der Waals surface area contributed by atoms with Gasteiger partial charge in [0.15, 0.2) is 17.5 Å². The average Bonchev–Trinajstić information content (AvgIpc) is 3.55. The molecule has 0 spiro atoms.